The molecule has 2 rings (SSSR count). The molecule has 0 N–H and O–H groups in total. The first-order valence-electron chi connectivity index (χ1n) is 4.95. The van der Waals surface area contributed by atoms with E-state index in [4.69, 9.17) is 0 Å². The summed E-state index contributed by atoms with van der Waals surface area (Å²) in [6.45, 7) is 4.84. The van der Waals surface area contributed by atoms with Crippen molar-refractivity contribution in [2.24, 2.45) is 0 Å². The van der Waals surface area contributed by atoms with Crippen molar-refractivity contribution in [2.45, 2.75) is 18.5 Å². The van der Waals surface area contributed by atoms with Gasteiger partial charge in [0.15, 0.2) is 0 Å². The van der Waals surface area contributed by atoms with Gasteiger partial charge in [-0.3, -0.25) is 0 Å². The summed E-state index contributed by atoms with van der Waals surface area (Å²) in [5.41, 5.74) is 4.30. The van der Waals surface area contributed by atoms with E-state index in [0.29, 0.717) is 0 Å². The highest BCUT2D eigenvalue weighted by Gasteiger charge is 2.25. The Hall–Kier alpha value is -0.133. The van der Waals surface area contributed by atoms with Gasteiger partial charge in [0, 0.05) is 15.9 Å². The third-order valence-electron chi connectivity index (χ3n) is 3.06. The lowest BCUT2D eigenvalue weighted by Gasteiger charge is -2.18. The van der Waals surface area contributed by atoms with Crippen LogP contribution in [0.2, 0.25) is 0 Å². The maximum absolute atomic E-state index is 2.42. The summed E-state index contributed by atoms with van der Waals surface area (Å²) in [4.78, 5) is 0. The van der Waals surface area contributed by atoms with Crippen molar-refractivity contribution in [1.29, 1.82) is 0 Å². The van der Waals surface area contributed by atoms with Gasteiger partial charge in [-0.1, -0.05) is 23.4 Å². The van der Waals surface area contributed by atoms with Gasteiger partial charge in [0.2, 0.25) is 0 Å². The van der Waals surface area contributed by atoms with E-state index in [9.17, 15) is 0 Å². The number of rotatable bonds is 1. The van der Waals surface area contributed by atoms with Crippen LogP contribution in [0.5, 0.6) is 0 Å². The number of hydrogen-bond donors (Lipinski definition) is 0. The van der Waals surface area contributed by atoms with Crippen LogP contribution < -0.4 is 5.19 Å². The predicted octanol–water partition coefficient (Wildman–Crippen LogP) is 1.41. The lowest BCUT2D eigenvalue weighted by Crippen LogP contribution is -2.11. The first-order valence-corrected chi connectivity index (χ1v) is 8.25. The zero-order valence-corrected chi connectivity index (χ0v) is 11.6. The van der Waals surface area contributed by atoms with Gasteiger partial charge >= 0.3 is 0 Å². The normalized spacial score (nSPS) is 21.0. The van der Waals surface area contributed by atoms with E-state index >= 15 is 0 Å². The van der Waals surface area contributed by atoms with E-state index in [1.165, 1.54) is 23.1 Å². The number of benzene rings is 1. The first kappa shape index (κ1) is 9.42. The van der Waals surface area contributed by atoms with Gasteiger partial charge in [-0.2, -0.15) is 0 Å². The minimum atomic E-state index is 0.218. The van der Waals surface area contributed by atoms with Crippen LogP contribution in [0.1, 0.15) is 23.2 Å². The van der Waals surface area contributed by atoms with Crippen LogP contribution in [0.4, 0.5) is 0 Å². The van der Waals surface area contributed by atoms with E-state index in [2.05, 4.69) is 31.5 Å². The van der Waals surface area contributed by atoms with Gasteiger partial charge in [-0.15, -0.1) is 7.92 Å². The van der Waals surface area contributed by atoms with Gasteiger partial charge in [0.25, 0.3) is 0 Å². The SMILES string of the molecule is CP(C)C1CCc2cccc([SiH3])c21. The molecule has 1 aromatic rings. The van der Waals surface area contributed by atoms with Crippen molar-refractivity contribution in [3.63, 3.8) is 0 Å². The molecule has 0 aliphatic heterocycles. The molecule has 0 heterocycles. The topological polar surface area (TPSA) is 0 Å². The Morgan fingerprint density at radius 2 is 2.15 bits per heavy atom. The van der Waals surface area contributed by atoms with Crippen LogP contribution in [-0.2, 0) is 6.42 Å². The molecule has 0 spiro atoms. The Morgan fingerprint density at radius 1 is 1.38 bits per heavy atom. The second kappa shape index (κ2) is 3.55. The van der Waals surface area contributed by atoms with E-state index in [1.807, 2.05) is 0 Å². The highest BCUT2D eigenvalue weighted by Crippen LogP contribution is 2.51. The number of aryl methyl sites for hydroxylation is 1. The Bertz CT molecular complexity index is 320. The molecule has 0 radical (unpaired) electrons. The van der Waals surface area contributed by atoms with Gasteiger partial charge in [0.1, 0.15) is 0 Å². The first-order chi connectivity index (χ1) is 6.20. The lowest BCUT2D eigenvalue weighted by molar-refractivity contribution is 0.883. The molecule has 1 aromatic carbocycles. The van der Waals surface area contributed by atoms with Crippen molar-refractivity contribution in [2.75, 3.05) is 13.3 Å². The third-order valence-corrected chi connectivity index (χ3v) is 5.69. The molecule has 1 unspecified atom stereocenters. The highest BCUT2D eigenvalue weighted by atomic mass is 31.1. The fraction of sp³-hybridized carbons (Fsp3) is 0.455. The van der Waals surface area contributed by atoms with Crippen molar-refractivity contribution in [3.05, 3.63) is 29.3 Å². The number of fused-ring (bicyclic) bond motifs is 1. The van der Waals surface area contributed by atoms with E-state index in [1.54, 1.807) is 16.3 Å². The quantitative estimate of drug-likeness (QED) is 0.483. The van der Waals surface area contributed by atoms with Crippen LogP contribution in [0.15, 0.2) is 18.2 Å². The second-order valence-corrected chi connectivity index (χ2v) is 7.79. The minimum absolute atomic E-state index is 0.218. The summed E-state index contributed by atoms with van der Waals surface area (Å²) in [5, 5.41) is 1.65. The van der Waals surface area contributed by atoms with Gasteiger partial charge in [0.05, 0.1) is 0 Å². The standard InChI is InChI=1S/C11H17PSi/c1-12(2)9-7-6-8-4-3-5-10(13)11(8)9/h3-5,9H,6-7H2,1-2,13H3. The van der Waals surface area contributed by atoms with Crippen molar-refractivity contribution < 1.29 is 0 Å². The number of hydrogen-bond acceptors (Lipinski definition) is 0. The van der Waals surface area contributed by atoms with Gasteiger partial charge in [-0.05, 0) is 37.3 Å². The van der Waals surface area contributed by atoms with Crippen LogP contribution in [0.25, 0.3) is 0 Å². The summed E-state index contributed by atoms with van der Waals surface area (Å²) < 4.78 is 0. The van der Waals surface area contributed by atoms with Crippen LogP contribution in [-0.4, -0.2) is 23.6 Å². The highest BCUT2D eigenvalue weighted by molar-refractivity contribution is 7.56. The van der Waals surface area contributed by atoms with Crippen LogP contribution >= 0.6 is 7.92 Å². The van der Waals surface area contributed by atoms with Gasteiger partial charge < -0.3 is 0 Å². The molecule has 70 valence electrons. The average molecular weight is 208 g/mol. The molecule has 1 aliphatic carbocycles. The smallest absolute Gasteiger partial charge is 0.0389 e. The molecule has 2 heteroatoms. The molecule has 0 fully saturated rings. The van der Waals surface area contributed by atoms with Gasteiger partial charge in [-0.25, -0.2) is 0 Å². The molecule has 0 aromatic heterocycles. The maximum Gasteiger partial charge on any atom is 0.0389 e. The second-order valence-electron chi connectivity index (χ2n) is 4.17. The molecule has 13 heavy (non-hydrogen) atoms. The summed E-state index contributed by atoms with van der Waals surface area (Å²) in [6.07, 6.45) is 2.74. The summed E-state index contributed by atoms with van der Waals surface area (Å²) in [7, 11) is 1.44. The maximum atomic E-state index is 2.42. The zero-order valence-electron chi connectivity index (χ0n) is 8.67. The predicted molar refractivity (Wildman–Crippen MR) is 65.8 cm³/mol. The molecular weight excluding hydrogens is 191 g/mol. The van der Waals surface area contributed by atoms with E-state index in [0.717, 1.165) is 5.66 Å². The molecule has 0 bridgehead atoms. The Labute approximate surface area is 84.9 Å². The average Bonchev–Trinajstić information content (AvgIpc) is 2.49. The molecule has 0 saturated carbocycles. The molecule has 1 aliphatic rings. The summed E-state index contributed by atoms with van der Waals surface area (Å²) in [5.74, 6) is 0. The molecule has 0 amide bonds. The molecule has 0 saturated heterocycles. The molecule has 1 atom stereocenters. The third kappa shape index (κ3) is 1.60. The molecular formula is C11H17PSi. The van der Waals surface area contributed by atoms with E-state index < -0.39 is 0 Å². The Balaban J connectivity index is 2.46. The fourth-order valence-electron chi connectivity index (χ4n) is 2.39. The lowest BCUT2D eigenvalue weighted by atomic mass is 10.1. The summed E-state index contributed by atoms with van der Waals surface area (Å²) >= 11 is 0. The van der Waals surface area contributed by atoms with Crippen LogP contribution in [0.3, 0.4) is 0 Å². The largest absolute Gasteiger partial charge is 0.105 e. The monoisotopic (exact) mass is 208 g/mol. The van der Waals surface area contributed by atoms with Crippen molar-refractivity contribution in [1.82, 2.24) is 0 Å². The fourth-order valence-corrected chi connectivity index (χ4v) is 5.03. The van der Waals surface area contributed by atoms with Crippen molar-refractivity contribution >= 4 is 23.4 Å². The van der Waals surface area contributed by atoms with E-state index in [-0.39, 0.29) is 7.92 Å². The van der Waals surface area contributed by atoms with Crippen molar-refractivity contribution in [3.8, 4) is 0 Å². The summed E-state index contributed by atoms with van der Waals surface area (Å²) in [6, 6.07) is 6.88. The minimum Gasteiger partial charge on any atom is -0.105 e. The molecule has 0 nitrogen and oxygen atoms in total. The zero-order chi connectivity index (χ0) is 9.42. The van der Waals surface area contributed by atoms with Crippen LogP contribution in [0, 0.1) is 0 Å². The Morgan fingerprint density at radius 3 is 2.85 bits per heavy atom. The Kier molecular flexibility index (Phi) is 2.57.